The van der Waals surface area contributed by atoms with Gasteiger partial charge in [0.1, 0.15) is 79.4 Å². The Labute approximate surface area is 249 Å². The van der Waals surface area contributed by atoms with E-state index in [0.717, 1.165) is 7.11 Å². The molecule has 20 nitrogen and oxygen atoms in total. The van der Waals surface area contributed by atoms with E-state index in [-0.39, 0.29) is 0 Å². The van der Waals surface area contributed by atoms with Gasteiger partial charge in [-0.05, 0) is 6.92 Å². The fourth-order valence-electron chi connectivity index (χ4n) is 5.25. The summed E-state index contributed by atoms with van der Waals surface area (Å²) in [7, 11) is 0.960. The van der Waals surface area contributed by atoms with Crippen LogP contribution in [0.3, 0.4) is 0 Å². The first kappa shape index (κ1) is 35.6. The molecule has 4 rings (SSSR count). The van der Waals surface area contributed by atoms with Crippen LogP contribution in [0.15, 0.2) is 0 Å². The number of methoxy groups -OCH3 is 1. The molecular formula is C24H40O20. The standard InChI is InChI=1S/C24H40O20/c1-5-8(27)11(30)14(33)23(39-5)43-17-12(31)10(29)7(3-25)40-24(17)42-16-15(34)20(35)41-19(21(36)37-2)18(16)44-22-13(32)9(28)6(26)4-38-22/h5-20,22-35H,3-4H2,1-2H3/t5-,6+,7+,8-,9-,10+,11+,12-,13+,14+,15+,16+,17+,18-,19-,20?,22-,23-,24-/m0/s1. The molecule has 4 aliphatic heterocycles. The average molecular weight is 649 g/mol. The van der Waals surface area contributed by atoms with Crippen molar-refractivity contribution in [3.63, 3.8) is 0 Å². The fourth-order valence-corrected chi connectivity index (χ4v) is 5.25. The van der Waals surface area contributed by atoms with Gasteiger partial charge in [-0.15, -0.1) is 0 Å². The molecule has 0 saturated carbocycles. The van der Waals surface area contributed by atoms with E-state index in [2.05, 4.69) is 4.74 Å². The maximum atomic E-state index is 12.6. The van der Waals surface area contributed by atoms with Gasteiger partial charge in [-0.25, -0.2) is 4.79 Å². The summed E-state index contributed by atoms with van der Waals surface area (Å²) in [6, 6.07) is 0. The molecule has 4 heterocycles. The van der Waals surface area contributed by atoms with Crippen LogP contribution in [-0.4, -0.2) is 199 Å². The largest absolute Gasteiger partial charge is 0.467 e. The zero-order valence-corrected chi connectivity index (χ0v) is 23.5. The Hall–Kier alpha value is -1.25. The Morgan fingerprint density at radius 1 is 0.659 bits per heavy atom. The van der Waals surface area contributed by atoms with Crippen molar-refractivity contribution in [1.29, 1.82) is 0 Å². The second kappa shape index (κ2) is 14.7. The van der Waals surface area contributed by atoms with Crippen molar-refractivity contribution in [2.45, 2.75) is 124 Å². The van der Waals surface area contributed by atoms with E-state index in [0.29, 0.717) is 0 Å². The minimum atomic E-state index is -2.14. The van der Waals surface area contributed by atoms with Gasteiger partial charge >= 0.3 is 5.97 Å². The third kappa shape index (κ3) is 7.02. The van der Waals surface area contributed by atoms with Gasteiger partial charge in [-0.2, -0.15) is 0 Å². The fraction of sp³-hybridized carbons (Fsp3) is 0.958. The molecule has 0 aromatic rings. The summed E-state index contributed by atoms with van der Waals surface area (Å²) in [5.41, 5.74) is 0. The highest BCUT2D eigenvalue weighted by atomic mass is 16.8. The molecule has 20 heteroatoms. The number of carbonyl (C=O) groups excluding carboxylic acids is 1. The topological polar surface area (TPSA) is 313 Å². The van der Waals surface area contributed by atoms with Crippen molar-refractivity contribution < 1.29 is 98.9 Å². The lowest BCUT2D eigenvalue weighted by Gasteiger charge is -2.49. The first-order valence-electron chi connectivity index (χ1n) is 13.8. The number of hydrogen-bond acceptors (Lipinski definition) is 20. The van der Waals surface area contributed by atoms with Crippen LogP contribution in [0.1, 0.15) is 6.92 Å². The molecule has 0 aliphatic carbocycles. The quantitative estimate of drug-likeness (QED) is 0.109. The summed E-state index contributed by atoms with van der Waals surface area (Å²) < 4.78 is 43.2. The summed E-state index contributed by atoms with van der Waals surface area (Å²) in [5, 5.41) is 113. The molecule has 19 atom stereocenters. The Kier molecular flexibility index (Phi) is 11.9. The van der Waals surface area contributed by atoms with Crippen LogP contribution in [0.25, 0.3) is 0 Å². The van der Waals surface area contributed by atoms with E-state index in [9.17, 15) is 61.0 Å². The molecule has 4 aliphatic rings. The summed E-state index contributed by atoms with van der Waals surface area (Å²) in [4.78, 5) is 12.6. The average Bonchev–Trinajstić information content (AvgIpc) is 3.00. The van der Waals surface area contributed by atoms with Crippen LogP contribution < -0.4 is 0 Å². The van der Waals surface area contributed by atoms with Crippen molar-refractivity contribution in [2.24, 2.45) is 0 Å². The lowest BCUT2D eigenvalue weighted by molar-refractivity contribution is -0.394. The van der Waals surface area contributed by atoms with Gasteiger partial charge in [0.15, 0.2) is 31.3 Å². The molecule has 4 saturated heterocycles. The second-order valence-electron chi connectivity index (χ2n) is 10.9. The van der Waals surface area contributed by atoms with Crippen molar-refractivity contribution >= 4 is 5.97 Å². The molecular weight excluding hydrogens is 608 g/mol. The van der Waals surface area contributed by atoms with Crippen molar-refractivity contribution in [3.8, 4) is 0 Å². The molecule has 0 amide bonds. The van der Waals surface area contributed by atoms with E-state index in [1.807, 2.05) is 0 Å². The Morgan fingerprint density at radius 3 is 1.91 bits per heavy atom. The van der Waals surface area contributed by atoms with Gasteiger partial charge in [-0.1, -0.05) is 0 Å². The van der Waals surface area contributed by atoms with Gasteiger partial charge in [0.25, 0.3) is 0 Å². The summed E-state index contributed by atoms with van der Waals surface area (Å²) >= 11 is 0. The maximum absolute atomic E-state index is 12.6. The van der Waals surface area contributed by atoms with Gasteiger partial charge in [0.05, 0.1) is 26.4 Å². The van der Waals surface area contributed by atoms with Gasteiger partial charge in [0, 0.05) is 0 Å². The third-order valence-electron chi connectivity index (χ3n) is 7.93. The predicted molar refractivity (Wildman–Crippen MR) is 131 cm³/mol. The van der Waals surface area contributed by atoms with Crippen molar-refractivity contribution in [2.75, 3.05) is 20.3 Å². The number of aliphatic hydroxyl groups is 11. The first-order valence-corrected chi connectivity index (χ1v) is 13.8. The Morgan fingerprint density at radius 2 is 1.27 bits per heavy atom. The normalized spacial score (nSPS) is 52.0. The van der Waals surface area contributed by atoms with Gasteiger partial charge in [0.2, 0.25) is 0 Å². The molecule has 0 radical (unpaired) electrons. The van der Waals surface area contributed by atoms with E-state index in [1.165, 1.54) is 6.92 Å². The molecule has 11 N–H and O–H groups in total. The van der Waals surface area contributed by atoms with Gasteiger partial charge in [-0.3, -0.25) is 0 Å². The van der Waals surface area contributed by atoms with E-state index >= 15 is 0 Å². The van der Waals surface area contributed by atoms with Gasteiger partial charge < -0.3 is 94.1 Å². The minimum absolute atomic E-state index is 0.525. The Bertz CT molecular complexity index is 943. The van der Waals surface area contributed by atoms with Crippen LogP contribution in [0.5, 0.6) is 0 Å². The van der Waals surface area contributed by atoms with Crippen LogP contribution in [-0.2, 0) is 42.7 Å². The molecule has 4 fully saturated rings. The molecule has 1 unspecified atom stereocenters. The molecule has 0 aromatic heterocycles. The third-order valence-corrected chi connectivity index (χ3v) is 7.93. The Balaban J connectivity index is 1.65. The molecule has 256 valence electrons. The van der Waals surface area contributed by atoms with Crippen molar-refractivity contribution in [3.05, 3.63) is 0 Å². The number of esters is 1. The predicted octanol–water partition coefficient (Wildman–Crippen LogP) is -7.90. The molecule has 0 bridgehead atoms. The zero-order chi connectivity index (χ0) is 32.6. The summed E-state index contributed by atoms with van der Waals surface area (Å²) in [6.45, 7) is -0.0507. The first-order chi connectivity index (χ1) is 20.7. The second-order valence-corrected chi connectivity index (χ2v) is 10.9. The number of ether oxygens (including phenoxy) is 8. The number of aliphatic hydroxyl groups excluding tert-OH is 11. The highest BCUT2D eigenvalue weighted by Crippen LogP contribution is 2.34. The maximum Gasteiger partial charge on any atom is 0.337 e. The minimum Gasteiger partial charge on any atom is -0.467 e. The summed E-state index contributed by atoms with van der Waals surface area (Å²) in [5.74, 6) is -1.17. The highest BCUT2D eigenvalue weighted by molar-refractivity contribution is 5.75. The van der Waals surface area contributed by atoms with Crippen LogP contribution in [0.4, 0.5) is 0 Å². The van der Waals surface area contributed by atoms with Crippen LogP contribution in [0, 0.1) is 0 Å². The monoisotopic (exact) mass is 648 g/mol. The van der Waals surface area contributed by atoms with E-state index in [4.69, 9.17) is 33.2 Å². The molecule has 0 aromatic carbocycles. The molecule has 0 spiro atoms. The van der Waals surface area contributed by atoms with Crippen molar-refractivity contribution in [1.82, 2.24) is 0 Å². The summed E-state index contributed by atoms with van der Waals surface area (Å²) in [6.07, 6.45) is -33.9. The van der Waals surface area contributed by atoms with Crippen LogP contribution in [0.2, 0.25) is 0 Å². The van der Waals surface area contributed by atoms with Crippen LogP contribution >= 0.6 is 0 Å². The molecule has 44 heavy (non-hydrogen) atoms. The smallest absolute Gasteiger partial charge is 0.337 e. The lowest BCUT2D eigenvalue weighted by atomic mass is 9.95. The SMILES string of the molecule is COC(=O)[C@H]1OC(O)[C@H](O)[C@@H](O[C@@H]2O[C@H](CO)[C@@H](O)[C@H](O)[C@H]2O[C@@H]2O[C@@H](C)[C@H](O)[C@@H](O)[C@H]2O)[C@@H]1O[C@@H]1OC[C@@H](O)[C@H](O)[C@H]1O. The lowest BCUT2D eigenvalue weighted by Crippen LogP contribution is -2.68. The van der Waals surface area contributed by atoms with E-state index in [1.54, 1.807) is 0 Å². The number of carbonyl (C=O) groups is 1. The highest BCUT2D eigenvalue weighted by Gasteiger charge is 2.56. The zero-order valence-electron chi connectivity index (χ0n) is 23.5. The number of hydrogen-bond donors (Lipinski definition) is 11. The van der Waals surface area contributed by atoms with E-state index < -0.39 is 136 Å². The number of rotatable bonds is 8.